The molecule has 1 fully saturated rings. The zero-order valence-electron chi connectivity index (χ0n) is 19.4. The van der Waals surface area contributed by atoms with Gasteiger partial charge in [-0.05, 0) is 67.8 Å². The van der Waals surface area contributed by atoms with Crippen molar-refractivity contribution in [1.82, 2.24) is 0 Å². The van der Waals surface area contributed by atoms with Crippen molar-refractivity contribution in [2.45, 2.75) is 33.6 Å². The van der Waals surface area contributed by atoms with Crippen LogP contribution in [0, 0.1) is 19.8 Å². The number of ether oxygens (including phenoxy) is 2. The van der Waals surface area contributed by atoms with Gasteiger partial charge in [-0.1, -0.05) is 22.9 Å². The third-order valence-corrected chi connectivity index (χ3v) is 6.63. The number of hydrogen-bond donors (Lipinski definition) is 1. The first-order valence-electron chi connectivity index (χ1n) is 11.0. The molecule has 0 radical (unpaired) electrons. The fraction of sp³-hybridized carbons (Fsp3) is 0.360. The molecule has 1 aliphatic heterocycles. The molecule has 2 aromatic rings. The highest BCUT2D eigenvalue weighted by Gasteiger charge is 2.36. The van der Waals surface area contributed by atoms with Gasteiger partial charge >= 0.3 is 11.9 Å². The largest absolute Gasteiger partial charge is 0.462 e. The highest BCUT2D eigenvalue weighted by atomic mass is 79.9. The Balaban J connectivity index is 1.52. The molecular weight excluding hydrogens is 504 g/mol. The quantitative estimate of drug-likeness (QED) is 0.514. The summed E-state index contributed by atoms with van der Waals surface area (Å²) in [6, 6.07) is 10.1. The van der Waals surface area contributed by atoms with Gasteiger partial charge in [0.15, 0.2) is 6.61 Å². The Morgan fingerprint density at radius 3 is 2.35 bits per heavy atom. The molecule has 0 bridgehead atoms. The second-order valence-electron chi connectivity index (χ2n) is 8.17. The van der Waals surface area contributed by atoms with Crippen LogP contribution < -0.4 is 10.2 Å². The second-order valence-corrected chi connectivity index (χ2v) is 8.96. The summed E-state index contributed by atoms with van der Waals surface area (Å²) in [5, 5.41) is 2.72. The summed E-state index contributed by atoms with van der Waals surface area (Å²) < 4.78 is 11.2. The van der Waals surface area contributed by atoms with Crippen LogP contribution in [-0.2, 0) is 23.9 Å². The number of carbonyl (C=O) groups excluding carboxylic acids is 4. The Kier molecular flexibility index (Phi) is 8.44. The molecule has 1 heterocycles. The lowest BCUT2D eigenvalue weighted by Gasteiger charge is -2.17. The molecule has 3 rings (SSSR count). The minimum absolute atomic E-state index is 0.00809. The van der Waals surface area contributed by atoms with Gasteiger partial charge in [0.2, 0.25) is 5.91 Å². The van der Waals surface area contributed by atoms with Gasteiger partial charge in [-0.3, -0.25) is 14.4 Å². The standard InChI is InChI=1S/C25H27BrN2O6/c1-4-9-33-24(31)17-5-7-20(8-6-17)28-13-18(12-22(28)30)25(32)34-14-21(29)27-19-10-15(2)23(26)16(3)11-19/h5-8,10-11,18H,4,9,12-14H2,1-3H3,(H,27,29)/t18-/m1/s1. The Hall–Kier alpha value is -3.20. The Bertz CT molecular complexity index is 1080. The predicted octanol–water partition coefficient (Wildman–Crippen LogP) is 4.17. The smallest absolute Gasteiger partial charge is 0.338 e. The van der Waals surface area contributed by atoms with Crippen molar-refractivity contribution in [3.63, 3.8) is 0 Å². The number of carbonyl (C=O) groups is 4. The summed E-state index contributed by atoms with van der Waals surface area (Å²) in [6.07, 6.45) is 0.723. The van der Waals surface area contributed by atoms with E-state index in [0.29, 0.717) is 23.5 Å². The van der Waals surface area contributed by atoms with Crippen LogP contribution in [-0.4, -0.2) is 43.5 Å². The molecular formula is C25H27BrN2O6. The molecule has 0 aromatic heterocycles. The number of aryl methyl sites for hydroxylation is 2. The van der Waals surface area contributed by atoms with Gasteiger partial charge in [-0.25, -0.2) is 4.79 Å². The van der Waals surface area contributed by atoms with E-state index in [-0.39, 0.29) is 18.9 Å². The first-order valence-corrected chi connectivity index (χ1v) is 11.8. The molecule has 9 heteroatoms. The number of hydrogen-bond acceptors (Lipinski definition) is 6. The molecule has 180 valence electrons. The Morgan fingerprint density at radius 1 is 1.09 bits per heavy atom. The third-order valence-electron chi connectivity index (χ3n) is 5.38. The molecule has 0 saturated carbocycles. The lowest BCUT2D eigenvalue weighted by Crippen LogP contribution is -2.28. The van der Waals surface area contributed by atoms with E-state index in [2.05, 4.69) is 21.2 Å². The van der Waals surface area contributed by atoms with E-state index >= 15 is 0 Å². The molecule has 0 spiro atoms. The predicted molar refractivity (Wildman–Crippen MR) is 131 cm³/mol. The van der Waals surface area contributed by atoms with E-state index in [1.54, 1.807) is 24.3 Å². The van der Waals surface area contributed by atoms with E-state index in [1.807, 2.05) is 32.9 Å². The Morgan fingerprint density at radius 2 is 1.74 bits per heavy atom. The first kappa shape index (κ1) is 25.4. The van der Waals surface area contributed by atoms with Gasteiger partial charge in [-0.2, -0.15) is 0 Å². The number of benzene rings is 2. The van der Waals surface area contributed by atoms with Crippen molar-refractivity contribution >= 4 is 51.1 Å². The topological polar surface area (TPSA) is 102 Å². The molecule has 2 aromatic carbocycles. The van der Waals surface area contributed by atoms with Gasteiger partial charge in [0.05, 0.1) is 18.1 Å². The SMILES string of the molecule is CCCOC(=O)c1ccc(N2C[C@H](C(=O)OCC(=O)Nc3cc(C)c(Br)c(C)c3)CC2=O)cc1. The maximum absolute atomic E-state index is 12.5. The molecule has 0 aliphatic carbocycles. The van der Waals surface area contributed by atoms with E-state index < -0.39 is 30.4 Å². The van der Waals surface area contributed by atoms with E-state index in [1.165, 1.54) is 4.90 Å². The third kappa shape index (κ3) is 6.22. The Labute approximate surface area is 206 Å². The monoisotopic (exact) mass is 530 g/mol. The average molecular weight is 531 g/mol. The molecule has 1 aliphatic rings. The first-order chi connectivity index (χ1) is 16.2. The van der Waals surface area contributed by atoms with Crippen LogP contribution in [0.5, 0.6) is 0 Å². The van der Waals surface area contributed by atoms with Crippen molar-refractivity contribution in [2.24, 2.45) is 5.92 Å². The van der Waals surface area contributed by atoms with Gasteiger partial charge in [0.1, 0.15) is 0 Å². The fourth-order valence-corrected chi connectivity index (χ4v) is 3.87. The normalized spacial score (nSPS) is 15.2. The number of nitrogens with one attached hydrogen (secondary N) is 1. The maximum atomic E-state index is 12.5. The van der Waals surface area contributed by atoms with Crippen molar-refractivity contribution in [3.8, 4) is 0 Å². The highest BCUT2D eigenvalue weighted by molar-refractivity contribution is 9.10. The van der Waals surface area contributed by atoms with Crippen LogP contribution in [0.1, 0.15) is 41.3 Å². The minimum Gasteiger partial charge on any atom is -0.462 e. The average Bonchev–Trinajstić information content (AvgIpc) is 3.21. The molecule has 34 heavy (non-hydrogen) atoms. The zero-order chi connectivity index (χ0) is 24.8. The maximum Gasteiger partial charge on any atom is 0.338 e. The molecule has 8 nitrogen and oxygen atoms in total. The lowest BCUT2D eigenvalue weighted by molar-refractivity contribution is -0.151. The number of halogens is 1. The summed E-state index contributed by atoms with van der Waals surface area (Å²) in [4.78, 5) is 50.6. The number of esters is 2. The van der Waals surface area contributed by atoms with Crippen molar-refractivity contribution < 1.29 is 28.7 Å². The summed E-state index contributed by atoms with van der Waals surface area (Å²) in [5.74, 6) is -2.38. The van der Waals surface area contributed by atoms with Crippen LogP contribution >= 0.6 is 15.9 Å². The molecule has 1 atom stereocenters. The van der Waals surface area contributed by atoms with E-state index in [0.717, 1.165) is 22.0 Å². The van der Waals surface area contributed by atoms with E-state index in [9.17, 15) is 19.2 Å². The fourth-order valence-electron chi connectivity index (χ4n) is 3.64. The molecule has 0 unspecified atom stereocenters. The molecule has 1 N–H and O–H groups in total. The lowest BCUT2D eigenvalue weighted by atomic mass is 10.1. The molecule has 2 amide bonds. The van der Waals surface area contributed by atoms with Crippen LogP contribution in [0.3, 0.4) is 0 Å². The number of anilines is 2. The second kappa shape index (κ2) is 11.3. The minimum atomic E-state index is -0.674. The van der Waals surface area contributed by atoms with Crippen LogP contribution in [0.4, 0.5) is 11.4 Å². The summed E-state index contributed by atoms with van der Waals surface area (Å²) >= 11 is 3.48. The van der Waals surface area contributed by atoms with Gasteiger partial charge in [0.25, 0.3) is 5.91 Å². The van der Waals surface area contributed by atoms with Crippen molar-refractivity contribution in [2.75, 3.05) is 30.0 Å². The van der Waals surface area contributed by atoms with Gasteiger partial charge < -0.3 is 19.7 Å². The number of amides is 2. The summed E-state index contributed by atoms with van der Waals surface area (Å²) in [7, 11) is 0. The van der Waals surface area contributed by atoms with Gasteiger partial charge in [-0.15, -0.1) is 0 Å². The zero-order valence-corrected chi connectivity index (χ0v) is 20.9. The molecule has 1 saturated heterocycles. The van der Waals surface area contributed by atoms with Crippen LogP contribution in [0.25, 0.3) is 0 Å². The van der Waals surface area contributed by atoms with E-state index in [4.69, 9.17) is 9.47 Å². The van der Waals surface area contributed by atoms with Crippen molar-refractivity contribution in [3.05, 3.63) is 57.6 Å². The van der Waals surface area contributed by atoms with Gasteiger partial charge in [0, 0.05) is 28.8 Å². The van der Waals surface area contributed by atoms with Crippen LogP contribution in [0.2, 0.25) is 0 Å². The number of rotatable bonds is 8. The highest BCUT2D eigenvalue weighted by Crippen LogP contribution is 2.27. The van der Waals surface area contributed by atoms with Crippen LogP contribution in [0.15, 0.2) is 40.9 Å². The van der Waals surface area contributed by atoms with Crippen molar-refractivity contribution in [1.29, 1.82) is 0 Å². The summed E-state index contributed by atoms with van der Waals surface area (Å²) in [5.41, 5.74) is 3.53. The number of nitrogens with zero attached hydrogens (tertiary/aromatic N) is 1. The summed E-state index contributed by atoms with van der Waals surface area (Å²) in [6.45, 7) is 5.79.